The molecule has 2 aliphatic carbocycles. The third kappa shape index (κ3) is 3.92. The Balaban J connectivity index is 1.19. The van der Waals surface area contributed by atoms with Crippen LogP contribution >= 0.6 is 10.0 Å². The highest BCUT2D eigenvalue weighted by molar-refractivity contribution is 8.32. The molecule has 0 saturated heterocycles. The number of para-hydroxylation sites is 2. The Bertz CT molecular complexity index is 2980. The molecule has 0 atom stereocenters. The largest absolute Gasteiger partial charge is 0.309 e. The highest BCUT2D eigenvalue weighted by Crippen LogP contribution is 2.54. The second kappa shape index (κ2) is 10.3. The summed E-state index contributed by atoms with van der Waals surface area (Å²) >= 11 is 0. The van der Waals surface area contributed by atoms with Gasteiger partial charge in [0.1, 0.15) is 0 Å². The Hall–Kier alpha value is -5.51. The summed E-state index contributed by atoms with van der Waals surface area (Å²) in [6, 6.07) is 52.7. The summed E-state index contributed by atoms with van der Waals surface area (Å²) in [6.45, 7) is 4.75. The standard InChI is InChI=1S/C49H40N2S/c1-49(2)41-19-11-9-16-34(41)36-27-38-37-26-31(22-24-44(37)50(46(38)29-42(36)49)30-14-7-6-8-15-30)51-43-20-12-10-17-35(43)48-40-28-39-32(33(40)23-25-45(48)51)18-13-21-47(39)52(3,4)5/h6-27,29H,28H2,1-5H3. The van der Waals surface area contributed by atoms with Gasteiger partial charge in [0.2, 0.25) is 0 Å². The van der Waals surface area contributed by atoms with Crippen molar-refractivity contribution in [2.75, 3.05) is 18.8 Å². The van der Waals surface area contributed by atoms with Crippen LogP contribution in [0, 0.1) is 0 Å². The molecular formula is C49H40N2S. The molecule has 2 aliphatic rings. The Morgan fingerprint density at radius 2 is 1.13 bits per heavy atom. The van der Waals surface area contributed by atoms with Gasteiger partial charge in [-0.3, -0.25) is 0 Å². The van der Waals surface area contributed by atoms with Crippen molar-refractivity contribution in [3.63, 3.8) is 0 Å². The van der Waals surface area contributed by atoms with Crippen molar-refractivity contribution in [3.8, 4) is 33.6 Å². The summed E-state index contributed by atoms with van der Waals surface area (Å²) in [6.07, 6.45) is 8.26. The summed E-state index contributed by atoms with van der Waals surface area (Å²) in [5, 5.41) is 5.29. The van der Waals surface area contributed by atoms with Gasteiger partial charge in [-0.05, 0) is 129 Å². The van der Waals surface area contributed by atoms with Crippen molar-refractivity contribution in [2.45, 2.75) is 30.6 Å². The number of aromatic nitrogens is 2. The highest BCUT2D eigenvalue weighted by Gasteiger charge is 2.36. The van der Waals surface area contributed by atoms with Crippen LogP contribution in [0.25, 0.3) is 77.2 Å². The number of hydrogen-bond donors (Lipinski definition) is 0. The van der Waals surface area contributed by atoms with Crippen molar-refractivity contribution in [1.29, 1.82) is 0 Å². The third-order valence-corrected chi connectivity index (χ3v) is 13.8. The van der Waals surface area contributed by atoms with Gasteiger partial charge < -0.3 is 9.13 Å². The van der Waals surface area contributed by atoms with Crippen molar-refractivity contribution < 1.29 is 0 Å². The molecule has 0 aliphatic heterocycles. The van der Waals surface area contributed by atoms with Gasteiger partial charge in [-0.1, -0.05) is 92.7 Å². The van der Waals surface area contributed by atoms with Crippen LogP contribution in [-0.4, -0.2) is 27.9 Å². The Kier molecular flexibility index (Phi) is 5.97. The Labute approximate surface area is 306 Å². The molecule has 9 aromatic rings. The van der Waals surface area contributed by atoms with Gasteiger partial charge in [-0.25, -0.2) is 10.0 Å². The van der Waals surface area contributed by atoms with Crippen LogP contribution in [0.5, 0.6) is 0 Å². The van der Waals surface area contributed by atoms with E-state index in [1.807, 2.05) is 0 Å². The lowest BCUT2D eigenvalue weighted by Crippen LogP contribution is -2.14. The minimum Gasteiger partial charge on any atom is -0.309 e. The molecule has 0 unspecified atom stereocenters. The molecule has 252 valence electrons. The van der Waals surface area contributed by atoms with Crippen LogP contribution in [0.3, 0.4) is 0 Å². The number of benzene rings is 7. The van der Waals surface area contributed by atoms with Crippen LogP contribution < -0.4 is 0 Å². The summed E-state index contributed by atoms with van der Waals surface area (Å²) in [7, 11) is -0.870. The van der Waals surface area contributed by atoms with Crippen LogP contribution in [0.2, 0.25) is 0 Å². The maximum atomic E-state index is 2.51. The van der Waals surface area contributed by atoms with E-state index in [2.05, 4.69) is 181 Å². The average molecular weight is 689 g/mol. The molecular weight excluding hydrogens is 649 g/mol. The number of nitrogens with zero attached hydrogens (tertiary/aromatic N) is 2. The molecule has 0 spiro atoms. The highest BCUT2D eigenvalue weighted by atomic mass is 32.3. The van der Waals surface area contributed by atoms with Crippen LogP contribution in [0.15, 0.2) is 144 Å². The van der Waals surface area contributed by atoms with E-state index in [0.717, 1.165) is 6.42 Å². The Morgan fingerprint density at radius 1 is 0.462 bits per heavy atom. The summed E-state index contributed by atoms with van der Waals surface area (Å²) < 4.78 is 4.99. The van der Waals surface area contributed by atoms with Crippen molar-refractivity contribution >= 4 is 53.6 Å². The SMILES string of the molecule is CC1(C)c2ccccc2-c2cc3c4cc(-n5c6ccccc6c6c7c(ccc65)-c5cccc(S(C)(C)C)c5C7)ccc4n(-c4ccccc4)c3cc21. The molecule has 3 heteroatoms. The lowest BCUT2D eigenvalue weighted by Gasteiger charge is -2.28. The fraction of sp³-hybridized carbons (Fsp3) is 0.143. The van der Waals surface area contributed by atoms with E-state index in [-0.39, 0.29) is 5.41 Å². The molecule has 2 nitrogen and oxygen atoms in total. The minimum absolute atomic E-state index is 0.0684. The smallest absolute Gasteiger partial charge is 0.0544 e. The molecule has 0 N–H and O–H groups in total. The van der Waals surface area contributed by atoms with E-state index in [1.54, 1.807) is 0 Å². The molecule has 2 aromatic heterocycles. The lowest BCUT2D eigenvalue weighted by molar-refractivity contribution is 0.661. The van der Waals surface area contributed by atoms with Crippen LogP contribution in [-0.2, 0) is 11.8 Å². The van der Waals surface area contributed by atoms with Crippen LogP contribution in [0.4, 0.5) is 0 Å². The van der Waals surface area contributed by atoms with Crippen molar-refractivity contribution in [3.05, 3.63) is 162 Å². The van der Waals surface area contributed by atoms with Crippen molar-refractivity contribution in [1.82, 2.24) is 9.13 Å². The summed E-state index contributed by atoms with van der Waals surface area (Å²) in [4.78, 5) is 1.54. The van der Waals surface area contributed by atoms with E-state index >= 15 is 0 Å². The molecule has 0 radical (unpaired) electrons. The topological polar surface area (TPSA) is 9.86 Å². The predicted molar refractivity (Wildman–Crippen MR) is 225 cm³/mol. The number of fused-ring (bicyclic) bond motifs is 13. The van der Waals surface area contributed by atoms with E-state index < -0.39 is 10.0 Å². The molecule has 7 aromatic carbocycles. The number of rotatable bonds is 3. The molecule has 11 rings (SSSR count). The zero-order valence-electron chi connectivity index (χ0n) is 30.3. The van der Waals surface area contributed by atoms with E-state index in [9.17, 15) is 0 Å². The van der Waals surface area contributed by atoms with Crippen molar-refractivity contribution in [2.24, 2.45) is 0 Å². The predicted octanol–water partition coefficient (Wildman–Crippen LogP) is 12.8. The normalized spacial score (nSPS) is 14.6. The molecule has 52 heavy (non-hydrogen) atoms. The van der Waals surface area contributed by atoms with Gasteiger partial charge in [0.15, 0.2) is 0 Å². The number of hydrogen-bond acceptors (Lipinski definition) is 0. The molecule has 0 saturated carbocycles. The van der Waals surface area contributed by atoms with Gasteiger partial charge in [-0.15, -0.1) is 0 Å². The van der Waals surface area contributed by atoms with E-state index in [1.165, 1.54) is 104 Å². The molecule has 0 fully saturated rings. The summed E-state index contributed by atoms with van der Waals surface area (Å²) in [5.41, 5.74) is 18.7. The Morgan fingerprint density at radius 3 is 1.98 bits per heavy atom. The van der Waals surface area contributed by atoms with Gasteiger partial charge in [0.25, 0.3) is 0 Å². The minimum atomic E-state index is -0.870. The van der Waals surface area contributed by atoms with Gasteiger partial charge in [0, 0.05) is 44.8 Å². The summed E-state index contributed by atoms with van der Waals surface area (Å²) in [5.74, 6) is 0. The van der Waals surface area contributed by atoms with Gasteiger partial charge in [-0.2, -0.15) is 0 Å². The van der Waals surface area contributed by atoms with Gasteiger partial charge in [0.05, 0.1) is 22.1 Å². The maximum Gasteiger partial charge on any atom is 0.0544 e. The first-order valence-corrected chi connectivity index (χ1v) is 21.2. The fourth-order valence-corrected chi connectivity index (χ4v) is 11.2. The maximum absolute atomic E-state index is 2.51. The second-order valence-corrected chi connectivity index (χ2v) is 20.2. The van der Waals surface area contributed by atoms with Crippen LogP contribution in [0.1, 0.15) is 36.1 Å². The van der Waals surface area contributed by atoms with Gasteiger partial charge >= 0.3 is 0 Å². The van der Waals surface area contributed by atoms with E-state index in [4.69, 9.17) is 0 Å². The third-order valence-electron chi connectivity index (χ3n) is 12.1. The average Bonchev–Trinajstić information content (AvgIpc) is 3.86. The monoisotopic (exact) mass is 688 g/mol. The molecule has 0 amide bonds. The fourth-order valence-electron chi connectivity index (χ4n) is 9.79. The molecule has 2 heterocycles. The first-order chi connectivity index (χ1) is 25.2. The lowest BCUT2D eigenvalue weighted by atomic mass is 9.82. The zero-order valence-corrected chi connectivity index (χ0v) is 31.1. The quantitative estimate of drug-likeness (QED) is 0.175. The second-order valence-electron chi connectivity index (χ2n) is 16.1. The first kappa shape index (κ1) is 30.1. The zero-order chi connectivity index (χ0) is 35.1. The molecule has 0 bridgehead atoms. The van der Waals surface area contributed by atoms with E-state index in [0.29, 0.717) is 0 Å². The first-order valence-electron chi connectivity index (χ1n) is 18.3.